The molecule has 0 aromatic heterocycles. The van der Waals surface area contributed by atoms with E-state index in [0.29, 0.717) is 5.41 Å². The average Bonchev–Trinajstić information content (AvgIpc) is 1.68. The molecule has 0 saturated carbocycles. The maximum Gasteiger partial charge on any atom is 0.305 e. The molecule has 0 aromatic carbocycles. The number of halogens is 1. The zero-order valence-electron chi connectivity index (χ0n) is 3.30. The van der Waals surface area contributed by atoms with Gasteiger partial charge in [-0.25, -0.2) is 0 Å². The zero-order chi connectivity index (χ0) is 5.91. The van der Waals surface area contributed by atoms with Crippen LogP contribution >= 0.6 is 11.9 Å². The van der Waals surface area contributed by atoms with Crippen molar-refractivity contribution in [2.45, 2.75) is 0 Å². The van der Waals surface area contributed by atoms with Gasteiger partial charge >= 0.3 is 10.1 Å². The maximum absolute atomic E-state index is 9.90. The molecule has 0 aliphatic heterocycles. The molecule has 0 atom stereocenters. The molecule has 0 aliphatic rings. The predicted molar refractivity (Wildman–Crippen MR) is 26.1 cm³/mol. The first-order valence-corrected chi connectivity index (χ1v) is 3.08. The van der Waals surface area contributed by atoms with E-state index in [4.69, 9.17) is 0 Å². The van der Waals surface area contributed by atoms with Crippen LogP contribution in [-0.4, -0.2) is 8.42 Å². The van der Waals surface area contributed by atoms with Crippen molar-refractivity contribution in [3.8, 4) is 0 Å². The third-order valence-electron chi connectivity index (χ3n) is 0.292. The second-order valence-electron chi connectivity index (χ2n) is 0.722. The predicted octanol–water partition coefficient (Wildman–Crippen LogP) is 0.630. The monoisotopic (exact) mass is 142 g/mol. The van der Waals surface area contributed by atoms with Gasteiger partial charge in [0.15, 0.2) is 0 Å². The molecular formula is C2H3ClO3S. The van der Waals surface area contributed by atoms with Gasteiger partial charge < -0.3 is 0 Å². The van der Waals surface area contributed by atoms with E-state index in [9.17, 15) is 8.42 Å². The SMILES string of the molecule is C=CS(=O)(=O)OCl. The highest BCUT2D eigenvalue weighted by molar-refractivity contribution is 7.90. The van der Waals surface area contributed by atoms with E-state index in [1.165, 1.54) is 0 Å². The zero-order valence-corrected chi connectivity index (χ0v) is 4.87. The minimum atomic E-state index is -3.63. The Morgan fingerprint density at radius 1 is 1.71 bits per heavy atom. The number of rotatable bonds is 2. The summed E-state index contributed by atoms with van der Waals surface area (Å²) in [5.41, 5.74) is 0. The van der Waals surface area contributed by atoms with Crippen LogP contribution in [0.1, 0.15) is 0 Å². The fraction of sp³-hybridized carbons (Fsp3) is 0. The van der Waals surface area contributed by atoms with Crippen LogP contribution < -0.4 is 0 Å². The molecular weight excluding hydrogens is 140 g/mol. The van der Waals surface area contributed by atoms with Crippen LogP contribution in [0.25, 0.3) is 0 Å². The summed E-state index contributed by atoms with van der Waals surface area (Å²) in [7, 11) is -3.63. The lowest BCUT2D eigenvalue weighted by Crippen LogP contribution is -1.89. The van der Waals surface area contributed by atoms with E-state index in [1.807, 2.05) is 0 Å². The summed E-state index contributed by atoms with van der Waals surface area (Å²) in [6, 6.07) is 0. The highest BCUT2D eigenvalue weighted by Gasteiger charge is 1.98. The molecule has 0 aliphatic carbocycles. The summed E-state index contributed by atoms with van der Waals surface area (Å²) in [4.78, 5) is 0. The molecule has 5 heteroatoms. The molecule has 0 radical (unpaired) electrons. The Kier molecular flexibility index (Phi) is 2.28. The lowest BCUT2D eigenvalue weighted by atomic mass is 11.3. The van der Waals surface area contributed by atoms with E-state index in [2.05, 4.69) is 22.2 Å². The Morgan fingerprint density at radius 2 is 2.14 bits per heavy atom. The maximum atomic E-state index is 9.90. The Labute approximate surface area is 46.8 Å². The van der Waals surface area contributed by atoms with Gasteiger partial charge in [-0.2, -0.15) is 12.2 Å². The lowest BCUT2D eigenvalue weighted by molar-refractivity contribution is 0.520. The van der Waals surface area contributed by atoms with Crippen molar-refractivity contribution in [3.05, 3.63) is 12.0 Å². The highest BCUT2D eigenvalue weighted by atomic mass is 35.5. The molecule has 0 rings (SSSR count). The standard InChI is InChI=1S/C2H3ClO3S/c1-2-7(4,5)6-3/h2H,1H2. The molecule has 0 N–H and O–H groups in total. The minimum Gasteiger partial charge on any atom is -0.193 e. The van der Waals surface area contributed by atoms with Crippen LogP contribution in [0.3, 0.4) is 0 Å². The first-order valence-electron chi connectivity index (χ1n) is 1.30. The van der Waals surface area contributed by atoms with Crippen LogP contribution in [0.4, 0.5) is 0 Å². The van der Waals surface area contributed by atoms with Gasteiger partial charge in [0.05, 0.1) is 17.3 Å². The molecule has 0 heterocycles. The molecule has 0 aromatic rings. The van der Waals surface area contributed by atoms with Gasteiger partial charge in [-0.15, -0.1) is 0 Å². The van der Waals surface area contributed by atoms with E-state index in [-0.39, 0.29) is 0 Å². The molecule has 0 spiro atoms. The summed E-state index contributed by atoms with van der Waals surface area (Å²) >= 11 is 4.43. The van der Waals surface area contributed by atoms with Gasteiger partial charge in [0.1, 0.15) is 0 Å². The van der Waals surface area contributed by atoms with E-state index >= 15 is 0 Å². The van der Waals surface area contributed by atoms with Crippen molar-refractivity contribution in [1.29, 1.82) is 0 Å². The number of hydrogen-bond donors (Lipinski definition) is 0. The molecule has 7 heavy (non-hydrogen) atoms. The van der Waals surface area contributed by atoms with Crippen molar-refractivity contribution >= 4 is 22.0 Å². The van der Waals surface area contributed by atoms with Crippen molar-refractivity contribution in [1.82, 2.24) is 0 Å². The molecule has 0 fully saturated rings. The van der Waals surface area contributed by atoms with E-state index in [0.717, 1.165) is 0 Å². The van der Waals surface area contributed by atoms with Gasteiger partial charge in [-0.1, -0.05) is 6.58 Å². The summed E-state index contributed by atoms with van der Waals surface area (Å²) < 4.78 is 23.2. The van der Waals surface area contributed by atoms with Crippen molar-refractivity contribution in [3.63, 3.8) is 0 Å². The topological polar surface area (TPSA) is 43.4 Å². The second-order valence-corrected chi connectivity index (χ2v) is 2.55. The van der Waals surface area contributed by atoms with Gasteiger partial charge in [0, 0.05) is 0 Å². The average molecular weight is 143 g/mol. The Hall–Kier alpha value is -0.0600. The molecule has 3 nitrogen and oxygen atoms in total. The quantitative estimate of drug-likeness (QED) is 0.568. The molecule has 42 valence electrons. The van der Waals surface area contributed by atoms with E-state index < -0.39 is 10.1 Å². The Morgan fingerprint density at radius 3 is 2.14 bits per heavy atom. The van der Waals surface area contributed by atoms with E-state index in [1.54, 1.807) is 0 Å². The Bertz CT molecular complexity index is 146. The summed E-state index contributed by atoms with van der Waals surface area (Å²) in [6.07, 6.45) is 0. The van der Waals surface area contributed by atoms with Gasteiger partial charge in [0.2, 0.25) is 0 Å². The van der Waals surface area contributed by atoms with Crippen LogP contribution in [0.2, 0.25) is 0 Å². The fourth-order valence-corrected chi connectivity index (χ4v) is 0.231. The van der Waals surface area contributed by atoms with Crippen LogP contribution in [0.5, 0.6) is 0 Å². The van der Waals surface area contributed by atoms with Crippen molar-refractivity contribution in [2.24, 2.45) is 0 Å². The highest BCUT2D eigenvalue weighted by Crippen LogP contribution is 1.94. The third kappa shape index (κ3) is 2.61. The summed E-state index contributed by atoms with van der Waals surface area (Å²) in [6.45, 7) is 2.91. The van der Waals surface area contributed by atoms with Crippen molar-refractivity contribution < 1.29 is 12.2 Å². The third-order valence-corrected chi connectivity index (χ3v) is 1.40. The molecule has 0 amide bonds. The number of hydrogen-bond acceptors (Lipinski definition) is 3. The summed E-state index contributed by atoms with van der Waals surface area (Å²) in [5, 5.41) is 0.611. The smallest absolute Gasteiger partial charge is 0.193 e. The Balaban J connectivity index is 4.17. The largest absolute Gasteiger partial charge is 0.305 e. The fourth-order valence-electron chi connectivity index (χ4n) is 0.0257. The second kappa shape index (κ2) is 2.30. The summed E-state index contributed by atoms with van der Waals surface area (Å²) in [5.74, 6) is 0. The van der Waals surface area contributed by atoms with Crippen LogP contribution in [0, 0.1) is 0 Å². The van der Waals surface area contributed by atoms with Gasteiger partial charge in [-0.05, 0) is 0 Å². The molecule has 0 bridgehead atoms. The van der Waals surface area contributed by atoms with Gasteiger partial charge in [0.25, 0.3) is 0 Å². The van der Waals surface area contributed by atoms with Crippen LogP contribution in [-0.2, 0) is 13.9 Å². The normalized spacial score (nSPS) is 11.0. The first-order chi connectivity index (χ1) is 3.12. The van der Waals surface area contributed by atoms with Gasteiger partial charge in [-0.3, -0.25) is 0 Å². The lowest BCUT2D eigenvalue weighted by Gasteiger charge is -1.82. The van der Waals surface area contributed by atoms with Crippen molar-refractivity contribution in [2.75, 3.05) is 0 Å². The first kappa shape index (κ1) is 6.94. The molecule has 0 saturated heterocycles. The minimum absolute atomic E-state index is 0.611. The van der Waals surface area contributed by atoms with Crippen LogP contribution in [0.15, 0.2) is 12.0 Å². The molecule has 0 unspecified atom stereocenters.